The van der Waals surface area contributed by atoms with Gasteiger partial charge >= 0.3 is 0 Å². The van der Waals surface area contributed by atoms with Gasteiger partial charge in [0.15, 0.2) is 5.89 Å². The molecule has 0 bridgehead atoms. The predicted octanol–water partition coefficient (Wildman–Crippen LogP) is 2.62. The number of hydrogen-bond acceptors (Lipinski definition) is 5. The Bertz CT molecular complexity index is 887. The van der Waals surface area contributed by atoms with E-state index in [9.17, 15) is 9.59 Å². The molecule has 3 heterocycles. The number of rotatable bonds is 7. The number of aryl methyl sites for hydroxylation is 2. The van der Waals surface area contributed by atoms with Gasteiger partial charge in [-0.1, -0.05) is 30.3 Å². The molecule has 2 aromatic rings. The number of oxazole rings is 1. The van der Waals surface area contributed by atoms with Crippen LogP contribution in [0.1, 0.15) is 42.7 Å². The minimum atomic E-state index is -0.0258. The van der Waals surface area contributed by atoms with Crippen LogP contribution in [0.25, 0.3) is 0 Å². The van der Waals surface area contributed by atoms with Crippen LogP contribution in [0.5, 0.6) is 0 Å². The number of hydrogen-bond donors (Lipinski definition) is 0. The number of carbonyl (C=O) groups excluding carboxylic acids is 2. The van der Waals surface area contributed by atoms with Gasteiger partial charge in [0, 0.05) is 45.0 Å². The van der Waals surface area contributed by atoms with Gasteiger partial charge in [-0.25, -0.2) is 4.98 Å². The first-order valence-corrected chi connectivity index (χ1v) is 11.3. The van der Waals surface area contributed by atoms with Crippen LogP contribution in [0.15, 0.2) is 34.7 Å². The van der Waals surface area contributed by atoms with Gasteiger partial charge in [-0.15, -0.1) is 0 Å². The van der Waals surface area contributed by atoms with Gasteiger partial charge < -0.3 is 19.0 Å². The SMILES string of the molecule is CCOCC(=O)N1CCC(C(=O)N2CCc3oc(CCc4ccccc4)nc3C2)CC1. The first kappa shape index (κ1) is 21.6. The number of fused-ring (bicyclic) bond motifs is 1. The van der Waals surface area contributed by atoms with Gasteiger partial charge in [0.1, 0.15) is 18.1 Å². The van der Waals surface area contributed by atoms with Crippen LogP contribution in [0.2, 0.25) is 0 Å². The van der Waals surface area contributed by atoms with Crippen molar-refractivity contribution in [2.24, 2.45) is 5.92 Å². The van der Waals surface area contributed by atoms with E-state index in [2.05, 4.69) is 17.1 Å². The zero-order valence-electron chi connectivity index (χ0n) is 18.2. The van der Waals surface area contributed by atoms with E-state index in [1.54, 1.807) is 0 Å². The maximum absolute atomic E-state index is 13.1. The first-order valence-electron chi connectivity index (χ1n) is 11.3. The van der Waals surface area contributed by atoms with Crippen LogP contribution in [-0.2, 0) is 40.1 Å². The fraction of sp³-hybridized carbons (Fsp3) is 0.542. The normalized spacial score (nSPS) is 16.9. The van der Waals surface area contributed by atoms with Crippen molar-refractivity contribution < 1.29 is 18.7 Å². The van der Waals surface area contributed by atoms with Crippen LogP contribution < -0.4 is 0 Å². The van der Waals surface area contributed by atoms with Crippen LogP contribution in [0.3, 0.4) is 0 Å². The summed E-state index contributed by atoms with van der Waals surface area (Å²) in [6.07, 6.45) is 3.79. The van der Waals surface area contributed by atoms with Crippen molar-refractivity contribution in [3.8, 4) is 0 Å². The second-order valence-electron chi connectivity index (χ2n) is 8.27. The molecule has 0 saturated carbocycles. The standard InChI is InChI=1S/C24H31N3O4/c1-2-30-17-23(28)26-13-10-19(11-14-26)24(29)27-15-12-21-20(16-27)25-22(31-21)9-8-18-6-4-3-5-7-18/h3-7,19H,2,8-17H2,1H3. The molecule has 1 fully saturated rings. The lowest BCUT2D eigenvalue weighted by Gasteiger charge is -2.35. The number of carbonyl (C=O) groups is 2. The first-order chi connectivity index (χ1) is 15.1. The molecule has 7 nitrogen and oxygen atoms in total. The van der Waals surface area contributed by atoms with E-state index < -0.39 is 0 Å². The number of ether oxygens (including phenoxy) is 1. The summed E-state index contributed by atoms with van der Waals surface area (Å²) < 4.78 is 11.2. The van der Waals surface area contributed by atoms with Crippen molar-refractivity contribution in [3.05, 3.63) is 53.2 Å². The Hall–Kier alpha value is -2.67. The Labute approximate surface area is 183 Å². The lowest BCUT2D eigenvalue weighted by Crippen LogP contribution is -2.46. The Morgan fingerprint density at radius 2 is 1.87 bits per heavy atom. The van der Waals surface area contributed by atoms with Crippen LogP contribution in [0.4, 0.5) is 0 Å². The number of likely N-dealkylation sites (tertiary alicyclic amines) is 1. The van der Waals surface area contributed by atoms with Gasteiger partial charge in [0.2, 0.25) is 11.8 Å². The number of nitrogens with zero attached hydrogens (tertiary/aromatic N) is 3. The van der Waals surface area contributed by atoms with Crippen molar-refractivity contribution in [2.75, 3.05) is 32.8 Å². The predicted molar refractivity (Wildman–Crippen MR) is 115 cm³/mol. The van der Waals surface area contributed by atoms with Crippen molar-refractivity contribution in [1.29, 1.82) is 0 Å². The van der Waals surface area contributed by atoms with E-state index in [0.717, 1.165) is 30.2 Å². The van der Waals surface area contributed by atoms with Gasteiger partial charge in [0.25, 0.3) is 0 Å². The summed E-state index contributed by atoms with van der Waals surface area (Å²) in [6, 6.07) is 10.3. The lowest BCUT2D eigenvalue weighted by atomic mass is 9.94. The van der Waals surface area contributed by atoms with Crippen LogP contribution in [0, 0.1) is 5.92 Å². The minimum absolute atomic E-state index is 0.0148. The molecule has 0 atom stereocenters. The molecular weight excluding hydrogens is 394 g/mol. The van der Waals surface area contributed by atoms with Crippen molar-refractivity contribution >= 4 is 11.8 Å². The monoisotopic (exact) mass is 425 g/mol. The topological polar surface area (TPSA) is 75.9 Å². The van der Waals surface area contributed by atoms with E-state index >= 15 is 0 Å². The fourth-order valence-corrected chi connectivity index (χ4v) is 4.36. The molecule has 0 spiro atoms. The molecule has 7 heteroatoms. The zero-order chi connectivity index (χ0) is 21.6. The Balaban J connectivity index is 1.28. The summed E-state index contributed by atoms with van der Waals surface area (Å²) in [5, 5.41) is 0. The second-order valence-corrected chi connectivity index (χ2v) is 8.27. The third-order valence-corrected chi connectivity index (χ3v) is 6.18. The molecule has 0 aliphatic carbocycles. The Kier molecular flexibility index (Phi) is 7.02. The van der Waals surface area contributed by atoms with Crippen LogP contribution in [-0.4, -0.2) is 59.4 Å². The van der Waals surface area contributed by atoms with Gasteiger partial charge in [0.05, 0.1) is 6.54 Å². The third kappa shape index (κ3) is 5.34. The van der Waals surface area contributed by atoms with Gasteiger partial charge in [-0.05, 0) is 31.7 Å². The number of piperidine rings is 1. The maximum atomic E-state index is 13.1. The highest BCUT2D eigenvalue weighted by Gasteiger charge is 2.33. The number of amides is 2. The van der Waals surface area contributed by atoms with Gasteiger partial charge in [-0.2, -0.15) is 0 Å². The lowest BCUT2D eigenvalue weighted by molar-refractivity contribution is -0.143. The van der Waals surface area contributed by atoms with Crippen LogP contribution >= 0.6 is 0 Å². The summed E-state index contributed by atoms with van der Waals surface area (Å²) in [6.45, 7) is 4.97. The second kappa shape index (κ2) is 10.1. The molecule has 1 saturated heterocycles. The van der Waals surface area contributed by atoms with Gasteiger partial charge in [-0.3, -0.25) is 9.59 Å². The highest BCUT2D eigenvalue weighted by atomic mass is 16.5. The molecule has 166 valence electrons. The Morgan fingerprint density at radius 1 is 1.10 bits per heavy atom. The Morgan fingerprint density at radius 3 is 2.61 bits per heavy atom. The quantitative estimate of drug-likeness (QED) is 0.682. The zero-order valence-corrected chi connectivity index (χ0v) is 18.2. The summed E-state index contributed by atoms with van der Waals surface area (Å²) in [5.41, 5.74) is 2.16. The van der Waals surface area contributed by atoms with E-state index in [-0.39, 0.29) is 24.3 Å². The average Bonchev–Trinajstić information content (AvgIpc) is 3.23. The average molecular weight is 426 g/mol. The molecule has 0 unspecified atom stereocenters. The molecule has 4 rings (SSSR count). The molecule has 1 aromatic heterocycles. The largest absolute Gasteiger partial charge is 0.445 e. The summed E-state index contributed by atoms with van der Waals surface area (Å²) in [4.78, 5) is 33.6. The summed E-state index contributed by atoms with van der Waals surface area (Å²) in [5.74, 6) is 1.84. The van der Waals surface area contributed by atoms with Crippen molar-refractivity contribution in [3.63, 3.8) is 0 Å². The smallest absolute Gasteiger partial charge is 0.248 e. The molecule has 0 N–H and O–H groups in total. The summed E-state index contributed by atoms with van der Waals surface area (Å²) >= 11 is 0. The molecular formula is C24H31N3O4. The molecule has 2 aliphatic rings. The number of benzene rings is 1. The van der Waals surface area contributed by atoms with Crippen molar-refractivity contribution in [2.45, 2.75) is 45.6 Å². The van der Waals surface area contributed by atoms with E-state index in [1.165, 1.54) is 5.56 Å². The van der Waals surface area contributed by atoms with E-state index in [1.807, 2.05) is 34.9 Å². The third-order valence-electron chi connectivity index (χ3n) is 6.18. The van der Waals surface area contributed by atoms with E-state index in [0.29, 0.717) is 52.0 Å². The minimum Gasteiger partial charge on any atom is -0.445 e. The molecule has 1 aromatic carbocycles. The fourth-order valence-electron chi connectivity index (χ4n) is 4.36. The molecule has 0 radical (unpaired) electrons. The van der Waals surface area contributed by atoms with Crippen molar-refractivity contribution in [1.82, 2.24) is 14.8 Å². The molecule has 2 amide bonds. The molecule has 2 aliphatic heterocycles. The highest BCUT2D eigenvalue weighted by molar-refractivity contribution is 5.80. The summed E-state index contributed by atoms with van der Waals surface area (Å²) in [7, 11) is 0. The highest BCUT2D eigenvalue weighted by Crippen LogP contribution is 2.25. The van der Waals surface area contributed by atoms with E-state index in [4.69, 9.17) is 9.15 Å². The number of aromatic nitrogens is 1. The maximum Gasteiger partial charge on any atom is 0.248 e. The molecule has 31 heavy (non-hydrogen) atoms.